The molecule has 4 heterocycles. The van der Waals surface area contributed by atoms with Crippen molar-refractivity contribution in [2.75, 3.05) is 0 Å². The fraction of sp³-hybridized carbons (Fsp3) is 0. The Morgan fingerprint density at radius 1 is 0.382 bits per heavy atom. The van der Waals surface area contributed by atoms with Crippen LogP contribution in [0.25, 0.3) is 80.3 Å². The molecule has 0 atom stereocenters. The molecule has 0 saturated carbocycles. The third-order valence-corrected chi connectivity index (χ3v) is 13.6. The predicted octanol–water partition coefficient (Wildman–Crippen LogP) is 9.15. The van der Waals surface area contributed by atoms with Gasteiger partial charge in [0.1, 0.15) is 0 Å². The van der Waals surface area contributed by atoms with Gasteiger partial charge >= 0.3 is 216 Å². The summed E-state index contributed by atoms with van der Waals surface area (Å²) in [4.78, 5) is 0. The molecular formula is C30H14S2Se2. The summed E-state index contributed by atoms with van der Waals surface area (Å²) in [6.45, 7) is 0. The van der Waals surface area contributed by atoms with Gasteiger partial charge in [0.05, 0.1) is 0 Å². The van der Waals surface area contributed by atoms with Crippen LogP contribution in [-0.2, 0) is 0 Å². The number of hydrogen-bond donors (Lipinski definition) is 0. The standard InChI is InChI=1S/C30H14S2Se2/c1-3-31-25-9-19-7-21-23-13-30-24(14-29(23)33-27(21)11-17(19)5-15(1)25)22-8-20-10-26-16(2-4-32-26)6-18(20)12-28(22)34-30/h1-14H. The molecule has 0 saturated heterocycles. The van der Waals surface area contributed by atoms with Crippen molar-refractivity contribution in [2.45, 2.75) is 0 Å². The van der Waals surface area contributed by atoms with Gasteiger partial charge in [-0.05, 0) is 0 Å². The van der Waals surface area contributed by atoms with E-state index in [9.17, 15) is 0 Å². The zero-order valence-electron chi connectivity index (χ0n) is 17.7. The molecule has 4 aromatic heterocycles. The quantitative estimate of drug-likeness (QED) is 0.153. The molecule has 0 unspecified atom stereocenters. The van der Waals surface area contributed by atoms with Gasteiger partial charge in [0.2, 0.25) is 0 Å². The fourth-order valence-electron chi connectivity index (χ4n) is 5.45. The van der Waals surface area contributed by atoms with Crippen LogP contribution in [0.3, 0.4) is 0 Å². The van der Waals surface area contributed by atoms with E-state index in [0.717, 1.165) is 0 Å². The van der Waals surface area contributed by atoms with Crippen LogP contribution in [0.4, 0.5) is 0 Å². The molecular weight excluding hydrogens is 582 g/mol. The van der Waals surface area contributed by atoms with E-state index in [0.29, 0.717) is 29.0 Å². The van der Waals surface area contributed by atoms with Crippen LogP contribution in [0.15, 0.2) is 83.6 Å². The molecule has 0 spiro atoms. The predicted molar refractivity (Wildman–Crippen MR) is 156 cm³/mol. The van der Waals surface area contributed by atoms with Gasteiger partial charge in [-0.2, -0.15) is 0 Å². The van der Waals surface area contributed by atoms with Gasteiger partial charge in [-0.25, -0.2) is 0 Å². The van der Waals surface area contributed by atoms with E-state index in [1.807, 2.05) is 22.7 Å². The van der Waals surface area contributed by atoms with Crippen molar-refractivity contribution in [3.63, 3.8) is 0 Å². The SMILES string of the molecule is c1cc2cc3cc4[se]c5cc6c(cc5c4cc3cc2s1)[se]c1cc2cc3ccsc3cc2cc16. The van der Waals surface area contributed by atoms with Crippen molar-refractivity contribution >= 4 is 132 Å². The van der Waals surface area contributed by atoms with Crippen LogP contribution in [0.2, 0.25) is 0 Å². The van der Waals surface area contributed by atoms with E-state index in [1.54, 1.807) is 17.0 Å². The monoisotopic (exact) mass is 598 g/mol. The minimum absolute atomic E-state index is 0.368. The van der Waals surface area contributed by atoms with E-state index in [-0.39, 0.29) is 0 Å². The van der Waals surface area contributed by atoms with Gasteiger partial charge in [-0.15, -0.1) is 0 Å². The number of fused-ring (bicyclic) bond motifs is 10. The molecule has 5 aromatic carbocycles. The summed E-state index contributed by atoms with van der Waals surface area (Å²) < 4.78 is 8.96. The summed E-state index contributed by atoms with van der Waals surface area (Å²) in [7, 11) is 0. The molecule has 4 heteroatoms. The average Bonchev–Trinajstić information content (AvgIpc) is 3.61. The summed E-state index contributed by atoms with van der Waals surface area (Å²) in [5.41, 5.74) is 0. The van der Waals surface area contributed by atoms with Gasteiger partial charge in [-0.3, -0.25) is 0 Å². The van der Waals surface area contributed by atoms with E-state index in [2.05, 4.69) is 83.6 Å². The summed E-state index contributed by atoms with van der Waals surface area (Å²) in [6.07, 6.45) is 0. The Hall–Kier alpha value is -2.42. The van der Waals surface area contributed by atoms with Gasteiger partial charge in [-0.1, -0.05) is 0 Å². The first kappa shape index (κ1) is 18.9. The van der Waals surface area contributed by atoms with Crippen LogP contribution >= 0.6 is 22.7 Å². The molecule has 0 nitrogen and oxygen atoms in total. The number of thiophene rings is 2. The van der Waals surface area contributed by atoms with E-state index in [4.69, 9.17) is 0 Å². The first-order chi connectivity index (χ1) is 16.8. The summed E-state index contributed by atoms with van der Waals surface area (Å²) in [5, 5.41) is 18.6. The topological polar surface area (TPSA) is 0 Å². The van der Waals surface area contributed by atoms with Crippen molar-refractivity contribution in [3.8, 4) is 0 Å². The Morgan fingerprint density at radius 3 is 1.29 bits per heavy atom. The Kier molecular flexibility index (Phi) is 3.67. The normalized spacial score (nSPS) is 12.7. The second-order valence-corrected chi connectivity index (χ2v) is 15.5. The number of hydrogen-bond acceptors (Lipinski definition) is 2. The van der Waals surface area contributed by atoms with Crippen molar-refractivity contribution < 1.29 is 0 Å². The molecule has 0 fully saturated rings. The first-order valence-electron chi connectivity index (χ1n) is 11.2. The van der Waals surface area contributed by atoms with Crippen LogP contribution < -0.4 is 0 Å². The van der Waals surface area contributed by atoms with E-state index in [1.165, 1.54) is 63.3 Å². The average molecular weight is 596 g/mol. The van der Waals surface area contributed by atoms with E-state index < -0.39 is 0 Å². The molecule has 34 heavy (non-hydrogen) atoms. The Balaban J connectivity index is 1.36. The summed E-state index contributed by atoms with van der Waals surface area (Å²) >= 11 is 4.41. The molecule has 0 N–H and O–H groups in total. The van der Waals surface area contributed by atoms with Gasteiger partial charge < -0.3 is 0 Å². The Bertz CT molecular complexity index is 2120. The van der Waals surface area contributed by atoms with Gasteiger partial charge in [0, 0.05) is 0 Å². The fourth-order valence-corrected chi connectivity index (χ4v) is 11.9. The van der Waals surface area contributed by atoms with Gasteiger partial charge in [0.25, 0.3) is 0 Å². The first-order valence-corrected chi connectivity index (χ1v) is 16.4. The zero-order chi connectivity index (χ0) is 22.0. The maximum atomic E-state index is 2.54. The van der Waals surface area contributed by atoms with Crippen molar-refractivity contribution in [1.82, 2.24) is 0 Å². The molecule has 0 aliphatic carbocycles. The molecule has 0 bridgehead atoms. The van der Waals surface area contributed by atoms with Crippen molar-refractivity contribution in [1.29, 1.82) is 0 Å². The molecule has 158 valence electrons. The third kappa shape index (κ3) is 2.54. The van der Waals surface area contributed by atoms with Crippen molar-refractivity contribution in [2.24, 2.45) is 0 Å². The van der Waals surface area contributed by atoms with Crippen molar-refractivity contribution in [3.05, 3.63) is 83.6 Å². The third-order valence-electron chi connectivity index (χ3n) is 7.12. The number of benzene rings is 5. The molecule has 9 rings (SSSR count). The van der Waals surface area contributed by atoms with Crippen LogP contribution in [0.1, 0.15) is 0 Å². The minimum atomic E-state index is 0.368. The molecule has 0 radical (unpaired) electrons. The summed E-state index contributed by atoms with van der Waals surface area (Å²) in [6, 6.07) is 28.9. The maximum absolute atomic E-state index is 2.54. The molecule has 0 amide bonds. The van der Waals surface area contributed by atoms with Crippen LogP contribution in [0, 0.1) is 0 Å². The second-order valence-electron chi connectivity index (χ2n) is 9.06. The Morgan fingerprint density at radius 2 is 0.794 bits per heavy atom. The zero-order valence-corrected chi connectivity index (χ0v) is 22.8. The van der Waals surface area contributed by atoms with Crippen LogP contribution in [0.5, 0.6) is 0 Å². The molecule has 9 aromatic rings. The number of rotatable bonds is 0. The second kappa shape index (κ2) is 6.62. The Labute approximate surface area is 214 Å². The van der Waals surface area contributed by atoms with Gasteiger partial charge in [0.15, 0.2) is 0 Å². The summed E-state index contributed by atoms with van der Waals surface area (Å²) in [5.74, 6) is 0. The van der Waals surface area contributed by atoms with E-state index >= 15 is 0 Å². The van der Waals surface area contributed by atoms with Crippen LogP contribution in [-0.4, -0.2) is 29.0 Å². The molecule has 0 aliphatic rings. The molecule has 0 aliphatic heterocycles.